The van der Waals surface area contributed by atoms with Gasteiger partial charge in [0.25, 0.3) is 0 Å². The molecule has 3 amide bonds. The Bertz CT molecular complexity index is 967. The van der Waals surface area contributed by atoms with Gasteiger partial charge in [0, 0.05) is 11.8 Å². The lowest BCUT2D eigenvalue weighted by atomic mass is 9.59. The molecule has 0 saturated heterocycles. The molecule has 0 spiro atoms. The average Bonchev–Trinajstić information content (AvgIpc) is 2.90. The predicted molar refractivity (Wildman–Crippen MR) is 160 cm³/mol. The molecule has 216 valence electrons. The van der Waals surface area contributed by atoms with Crippen LogP contribution in [-0.4, -0.2) is 17.7 Å². The van der Waals surface area contributed by atoms with Crippen molar-refractivity contribution in [3.05, 3.63) is 18.2 Å². The minimum Gasteiger partial charge on any atom is -0.324 e. The third-order valence-electron chi connectivity index (χ3n) is 10.2. The highest BCUT2D eigenvalue weighted by Crippen LogP contribution is 2.51. The summed E-state index contributed by atoms with van der Waals surface area (Å²) in [4.78, 5) is 40.8. The molecule has 0 heterocycles. The van der Waals surface area contributed by atoms with Gasteiger partial charge in [-0.25, -0.2) is 0 Å². The Hall–Kier alpha value is -2.37. The van der Waals surface area contributed by atoms with E-state index in [1.54, 1.807) is 0 Å². The molecule has 0 radical (unpaired) electrons. The molecule has 39 heavy (non-hydrogen) atoms. The van der Waals surface area contributed by atoms with E-state index in [1.165, 1.54) is 0 Å². The highest BCUT2D eigenvalue weighted by molar-refractivity contribution is 6.08. The van der Waals surface area contributed by atoms with Crippen LogP contribution in [0.3, 0.4) is 0 Å². The van der Waals surface area contributed by atoms with Crippen molar-refractivity contribution in [2.45, 2.75) is 118 Å². The lowest BCUT2D eigenvalue weighted by Gasteiger charge is -2.46. The van der Waals surface area contributed by atoms with Gasteiger partial charge in [-0.2, -0.15) is 0 Å². The molecule has 1 aromatic carbocycles. The van der Waals surface area contributed by atoms with Crippen molar-refractivity contribution in [2.75, 3.05) is 16.0 Å². The molecule has 3 aliphatic rings. The number of carbonyl (C=O) groups is 3. The van der Waals surface area contributed by atoms with E-state index in [0.717, 1.165) is 83.5 Å². The molecule has 3 aliphatic carbocycles. The Kier molecular flexibility index (Phi) is 9.44. The number of carbonyl (C=O) groups excluding carboxylic acids is 3. The summed E-state index contributed by atoms with van der Waals surface area (Å²) in [5.74, 6) is 1.28. The zero-order valence-electron chi connectivity index (χ0n) is 25.0. The smallest absolute Gasteiger partial charge is 0.231 e. The van der Waals surface area contributed by atoms with E-state index in [-0.39, 0.29) is 35.0 Å². The number of rotatable bonds is 6. The van der Waals surface area contributed by atoms with Gasteiger partial charge >= 0.3 is 0 Å². The van der Waals surface area contributed by atoms with Crippen LogP contribution >= 0.6 is 0 Å². The van der Waals surface area contributed by atoms with E-state index >= 15 is 0 Å². The van der Waals surface area contributed by atoms with E-state index in [4.69, 9.17) is 0 Å². The third kappa shape index (κ3) is 6.86. The SMILES string of the molecule is CC1CCC(C(=O)Nc2cccc(NC(=O)C3CCC(C)CC3)c2NC(=O)C2(C(C)(C)C)CCCCC2)CC1. The number of anilines is 3. The summed E-state index contributed by atoms with van der Waals surface area (Å²) >= 11 is 0. The quantitative estimate of drug-likeness (QED) is 0.342. The number of nitrogens with one attached hydrogen (secondary N) is 3. The molecule has 3 fully saturated rings. The van der Waals surface area contributed by atoms with Crippen molar-refractivity contribution >= 4 is 34.8 Å². The summed E-state index contributed by atoms with van der Waals surface area (Å²) in [5, 5.41) is 9.56. The Morgan fingerprint density at radius 2 is 1.13 bits per heavy atom. The summed E-state index contributed by atoms with van der Waals surface area (Å²) in [6, 6.07) is 5.55. The van der Waals surface area contributed by atoms with Gasteiger partial charge in [0.05, 0.1) is 22.5 Å². The molecule has 0 aliphatic heterocycles. The number of para-hydroxylation sites is 1. The number of amides is 3. The van der Waals surface area contributed by atoms with Gasteiger partial charge in [0.2, 0.25) is 17.7 Å². The Morgan fingerprint density at radius 3 is 1.54 bits per heavy atom. The monoisotopic (exact) mass is 537 g/mol. The molecule has 4 rings (SSSR count). The Balaban J connectivity index is 1.62. The molecule has 6 nitrogen and oxygen atoms in total. The van der Waals surface area contributed by atoms with Crippen LogP contribution < -0.4 is 16.0 Å². The van der Waals surface area contributed by atoms with Gasteiger partial charge < -0.3 is 16.0 Å². The first-order chi connectivity index (χ1) is 18.5. The molecule has 0 unspecified atom stereocenters. The van der Waals surface area contributed by atoms with Crippen molar-refractivity contribution < 1.29 is 14.4 Å². The lowest BCUT2D eigenvalue weighted by Crippen LogP contribution is -2.47. The van der Waals surface area contributed by atoms with Crippen molar-refractivity contribution in [2.24, 2.45) is 34.5 Å². The average molecular weight is 538 g/mol. The maximum Gasteiger partial charge on any atom is 0.231 e. The number of hydrogen-bond donors (Lipinski definition) is 3. The zero-order chi connectivity index (χ0) is 28.2. The molecule has 6 heteroatoms. The van der Waals surface area contributed by atoms with Gasteiger partial charge in [-0.05, 0) is 93.6 Å². The predicted octanol–water partition coefficient (Wildman–Crippen LogP) is 8.15. The molecule has 0 bridgehead atoms. The molecular weight excluding hydrogens is 486 g/mol. The van der Waals surface area contributed by atoms with Crippen molar-refractivity contribution in [1.82, 2.24) is 0 Å². The molecular formula is C33H51N3O3. The normalized spacial score (nSPS) is 27.3. The first-order valence-corrected chi connectivity index (χ1v) is 15.6. The maximum atomic E-state index is 14.2. The Labute approximate surface area is 235 Å². The second-order valence-electron chi connectivity index (χ2n) is 14.0. The topological polar surface area (TPSA) is 87.3 Å². The van der Waals surface area contributed by atoms with Crippen LogP contribution in [0.25, 0.3) is 0 Å². The van der Waals surface area contributed by atoms with E-state index in [1.807, 2.05) is 18.2 Å². The zero-order valence-corrected chi connectivity index (χ0v) is 25.0. The van der Waals surface area contributed by atoms with Crippen LogP contribution in [0.5, 0.6) is 0 Å². The first kappa shape index (κ1) is 29.6. The summed E-state index contributed by atoms with van der Waals surface area (Å²) in [7, 11) is 0. The standard InChI is InChI=1S/C33H51N3O3/c1-22-12-16-24(17-13-22)29(37)34-26-10-9-11-27(35-30(38)25-18-14-23(2)15-19-25)28(26)36-31(39)33(32(3,4)5)20-7-6-8-21-33/h9-11,22-25H,6-8,12-21H2,1-5H3,(H,34,37)(H,35,38)(H,36,39). The van der Waals surface area contributed by atoms with Gasteiger partial charge in [-0.15, -0.1) is 0 Å². The van der Waals surface area contributed by atoms with Crippen molar-refractivity contribution in [1.29, 1.82) is 0 Å². The molecule has 0 aromatic heterocycles. The fourth-order valence-corrected chi connectivity index (χ4v) is 7.12. The van der Waals surface area contributed by atoms with E-state index in [9.17, 15) is 14.4 Å². The molecule has 3 saturated carbocycles. The van der Waals surface area contributed by atoms with Crippen molar-refractivity contribution in [3.8, 4) is 0 Å². The third-order valence-corrected chi connectivity index (χ3v) is 10.2. The molecule has 1 aromatic rings. The summed E-state index contributed by atoms with van der Waals surface area (Å²) in [6.07, 6.45) is 12.7. The van der Waals surface area contributed by atoms with Crippen LogP contribution in [0.4, 0.5) is 17.1 Å². The first-order valence-electron chi connectivity index (χ1n) is 15.6. The van der Waals surface area contributed by atoms with Crippen molar-refractivity contribution in [3.63, 3.8) is 0 Å². The minimum atomic E-state index is -0.497. The Morgan fingerprint density at radius 1 is 0.692 bits per heavy atom. The van der Waals surface area contributed by atoms with E-state index in [2.05, 4.69) is 50.6 Å². The number of benzene rings is 1. The highest BCUT2D eigenvalue weighted by Gasteiger charge is 2.49. The van der Waals surface area contributed by atoms with Gasteiger partial charge in [0.1, 0.15) is 0 Å². The van der Waals surface area contributed by atoms with Gasteiger partial charge in [0.15, 0.2) is 0 Å². The highest BCUT2D eigenvalue weighted by atomic mass is 16.2. The van der Waals surface area contributed by atoms with Crippen LogP contribution in [0.1, 0.15) is 118 Å². The summed E-state index contributed by atoms with van der Waals surface area (Å²) in [5.41, 5.74) is 0.954. The van der Waals surface area contributed by atoms with E-state index < -0.39 is 5.41 Å². The molecule has 3 N–H and O–H groups in total. The largest absolute Gasteiger partial charge is 0.324 e. The number of hydrogen-bond acceptors (Lipinski definition) is 3. The molecule has 0 atom stereocenters. The second-order valence-corrected chi connectivity index (χ2v) is 14.0. The summed E-state index contributed by atoms with van der Waals surface area (Å²) in [6.45, 7) is 11.0. The fraction of sp³-hybridized carbons (Fsp3) is 0.727. The van der Waals surface area contributed by atoms with Gasteiger partial charge in [-0.3, -0.25) is 14.4 Å². The van der Waals surface area contributed by atoms with Crippen LogP contribution in [0.2, 0.25) is 0 Å². The minimum absolute atomic E-state index is 0.00495. The van der Waals surface area contributed by atoms with E-state index in [0.29, 0.717) is 28.9 Å². The maximum absolute atomic E-state index is 14.2. The fourth-order valence-electron chi connectivity index (χ4n) is 7.12. The van der Waals surface area contributed by atoms with Gasteiger partial charge in [-0.1, -0.05) is 59.9 Å². The lowest BCUT2D eigenvalue weighted by molar-refractivity contribution is -0.135. The van der Waals surface area contributed by atoms with Crippen LogP contribution in [0, 0.1) is 34.5 Å². The van der Waals surface area contributed by atoms with Crippen LogP contribution in [0.15, 0.2) is 18.2 Å². The second kappa shape index (κ2) is 12.4. The van der Waals surface area contributed by atoms with Crippen LogP contribution in [-0.2, 0) is 14.4 Å². The summed E-state index contributed by atoms with van der Waals surface area (Å²) < 4.78 is 0.